The Labute approximate surface area is 124 Å². The maximum absolute atomic E-state index is 12.7. The lowest BCUT2D eigenvalue weighted by atomic mass is 10.0. The van der Waals surface area contributed by atoms with Crippen molar-refractivity contribution in [2.24, 2.45) is 7.05 Å². The number of aryl methyl sites for hydroxylation is 1. The first-order valence-electron chi connectivity index (χ1n) is 7.57. The Balaban J connectivity index is 1.79. The zero-order valence-electron chi connectivity index (χ0n) is 12.7. The van der Waals surface area contributed by atoms with Gasteiger partial charge in [0.05, 0.1) is 5.52 Å². The average Bonchev–Trinajstić information content (AvgIpc) is 2.85. The van der Waals surface area contributed by atoms with Gasteiger partial charge in [0.15, 0.2) is 5.69 Å². The van der Waals surface area contributed by atoms with Crippen molar-refractivity contribution in [3.63, 3.8) is 0 Å². The first kappa shape index (κ1) is 14.1. The molecule has 1 aromatic heterocycles. The summed E-state index contributed by atoms with van der Waals surface area (Å²) in [5.74, 6) is -0.000765. The van der Waals surface area contributed by atoms with Crippen LogP contribution in [-0.2, 0) is 7.05 Å². The van der Waals surface area contributed by atoms with Crippen molar-refractivity contribution in [3.05, 3.63) is 30.0 Å². The second-order valence-electron chi connectivity index (χ2n) is 5.82. The van der Waals surface area contributed by atoms with Crippen LogP contribution in [0.15, 0.2) is 24.3 Å². The molecular weight excluding hydrogens is 264 g/mol. The van der Waals surface area contributed by atoms with Crippen LogP contribution in [0.25, 0.3) is 10.9 Å². The summed E-state index contributed by atoms with van der Waals surface area (Å²) in [6.07, 6.45) is 3.62. The summed E-state index contributed by atoms with van der Waals surface area (Å²) in [4.78, 5) is 14.5. The van der Waals surface area contributed by atoms with Crippen LogP contribution in [0, 0.1) is 0 Å². The Morgan fingerprint density at radius 3 is 3.00 bits per heavy atom. The van der Waals surface area contributed by atoms with E-state index >= 15 is 0 Å². The molecule has 3 rings (SSSR count). The molecule has 1 fully saturated rings. The zero-order chi connectivity index (χ0) is 14.8. The quantitative estimate of drug-likeness (QED) is 0.936. The predicted octanol–water partition coefficient (Wildman–Crippen LogP) is 1.79. The monoisotopic (exact) mass is 286 g/mol. The lowest BCUT2D eigenvalue weighted by Gasteiger charge is -2.27. The lowest BCUT2D eigenvalue weighted by Crippen LogP contribution is -2.44. The molecule has 0 radical (unpaired) electrons. The largest absolute Gasteiger partial charge is 0.339 e. The minimum atomic E-state index is -0.000765. The number of piperidine rings is 1. The number of carbonyl (C=O) groups is 1. The summed E-state index contributed by atoms with van der Waals surface area (Å²) in [7, 11) is 3.74. The predicted molar refractivity (Wildman–Crippen MR) is 83.3 cm³/mol. The number of carbonyl (C=O) groups excluding carboxylic acids is 1. The van der Waals surface area contributed by atoms with Gasteiger partial charge in [-0.1, -0.05) is 24.6 Å². The molecule has 1 aliphatic heterocycles. The van der Waals surface area contributed by atoms with Crippen LogP contribution in [0.3, 0.4) is 0 Å². The van der Waals surface area contributed by atoms with Crippen molar-refractivity contribution in [2.45, 2.75) is 25.3 Å². The van der Waals surface area contributed by atoms with Crippen molar-refractivity contribution in [3.8, 4) is 0 Å². The standard InChI is InChI=1S/C16H22N4O/c1-19(11-12-7-5-6-10-17-12)16(21)15-13-8-3-4-9-14(13)20(2)18-15/h3-4,8-9,12,17H,5-7,10-11H2,1-2H3. The third-order valence-corrected chi connectivity index (χ3v) is 4.21. The summed E-state index contributed by atoms with van der Waals surface area (Å²) in [5, 5.41) is 8.81. The summed E-state index contributed by atoms with van der Waals surface area (Å²) in [6, 6.07) is 8.27. The van der Waals surface area contributed by atoms with E-state index in [0.29, 0.717) is 11.7 Å². The van der Waals surface area contributed by atoms with Crippen LogP contribution >= 0.6 is 0 Å². The van der Waals surface area contributed by atoms with Gasteiger partial charge in [-0.05, 0) is 25.5 Å². The third-order valence-electron chi connectivity index (χ3n) is 4.21. The number of hydrogen-bond acceptors (Lipinski definition) is 3. The van der Waals surface area contributed by atoms with E-state index in [-0.39, 0.29) is 5.91 Å². The average molecular weight is 286 g/mol. The van der Waals surface area contributed by atoms with E-state index < -0.39 is 0 Å². The molecule has 2 heterocycles. The highest BCUT2D eigenvalue weighted by Crippen LogP contribution is 2.19. The summed E-state index contributed by atoms with van der Waals surface area (Å²) in [5.41, 5.74) is 1.54. The van der Waals surface area contributed by atoms with E-state index in [1.54, 1.807) is 9.58 Å². The highest BCUT2D eigenvalue weighted by Gasteiger charge is 2.22. The van der Waals surface area contributed by atoms with Crippen LogP contribution in [0.5, 0.6) is 0 Å². The molecule has 1 aromatic carbocycles. The van der Waals surface area contributed by atoms with Crippen molar-refractivity contribution in [1.82, 2.24) is 20.0 Å². The maximum Gasteiger partial charge on any atom is 0.274 e. The number of likely N-dealkylation sites (N-methyl/N-ethyl adjacent to an activating group) is 1. The molecule has 0 bridgehead atoms. The van der Waals surface area contributed by atoms with Gasteiger partial charge in [0.1, 0.15) is 0 Å². The van der Waals surface area contributed by atoms with Gasteiger partial charge < -0.3 is 10.2 Å². The van der Waals surface area contributed by atoms with Crippen LogP contribution in [0.4, 0.5) is 0 Å². The third kappa shape index (κ3) is 2.78. The summed E-state index contributed by atoms with van der Waals surface area (Å²) < 4.78 is 1.77. The van der Waals surface area contributed by atoms with E-state index in [2.05, 4.69) is 10.4 Å². The second kappa shape index (κ2) is 5.85. The fourth-order valence-corrected chi connectivity index (χ4v) is 3.05. The summed E-state index contributed by atoms with van der Waals surface area (Å²) >= 11 is 0. The Morgan fingerprint density at radius 2 is 2.24 bits per heavy atom. The van der Waals surface area contributed by atoms with Crippen LogP contribution in [-0.4, -0.2) is 46.8 Å². The van der Waals surface area contributed by atoms with Gasteiger partial charge >= 0.3 is 0 Å². The molecule has 0 spiro atoms. The molecule has 1 aliphatic rings. The van der Waals surface area contributed by atoms with E-state index in [0.717, 1.165) is 30.4 Å². The molecule has 0 saturated carbocycles. The first-order valence-corrected chi connectivity index (χ1v) is 7.57. The van der Waals surface area contributed by atoms with Gasteiger partial charge in [0, 0.05) is 32.1 Å². The number of para-hydroxylation sites is 1. The van der Waals surface area contributed by atoms with Gasteiger partial charge in [-0.25, -0.2) is 0 Å². The molecule has 5 heteroatoms. The van der Waals surface area contributed by atoms with Gasteiger partial charge in [-0.15, -0.1) is 0 Å². The van der Waals surface area contributed by atoms with Crippen molar-refractivity contribution in [2.75, 3.05) is 20.1 Å². The van der Waals surface area contributed by atoms with Gasteiger partial charge in [0.2, 0.25) is 0 Å². The number of benzene rings is 1. The number of amides is 1. The van der Waals surface area contributed by atoms with Gasteiger partial charge in [-0.3, -0.25) is 9.48 Å². The molecule has 1 N–H and O–H groups in total. The van der Waals surface area contributed by atoms with Crippen molar-refractivity contribution in [1.29, 1.82) is 0 Å². The van der Waals surface area contributed by atoms with E-state index in [1.807, 2.05) is 38.4 Å². The Bertz CT molecular complexity index is 643. The SMILES string of the molecule is CN(CC1CCCCN1)C(=O)c1nn(C)c2ccccc12. The number of fused-ring (bicyclic) bond motifs is 1. The Morgan fingerprint density at radius 1 is 1.43 bits per heavy atom. The molecule has 5 nitrogen and oxygen atoms in total. The van der Waals surface area contributed by atoms with Gasteiger partial charge in [-0.2, -0.15) is 5.10 Å². The van der Waals surface area contributed by atoms with E-state index in [4.69, 9.17) is 0 Å². The smallest absolute Gasteiger partial charge is 0.274 e. The van der Waals surface area contributed by atoms with E-state index in [1.165, 1.54) is 12.8 Å². The molecule has 1 unspecified atom stereocenters. The molecule has 21 heavy (non-hydrogen) atoms. The maximum atomic E-state index is 12.7. The number of rotatable bonds is 3. The lowest BCUT2D eigenvalue weighted by molar-refractivity contribution is 0.0770. The Kier molecular flexibility index (Phi) is 3.92. The number of aromatic nitrogens is 2. The minimum Gasteiger partial charge on any atom is -0.339 e. The zero-order valence-corrected chi connectivity index (χ0v) is 12.7. The van der Waals surface area contributed by atoms with Crippen LogP contribution < -0.4 is 5.32 Å². The normalized spacial score (nSPS) is 18.9. The number of hydrogen-bond donors (Lipinski definition) is 1. The fraction of sp³-hybridized carbons (Fsp3) is 0.500. The highest BCUT2D eigenvalue weighted by atomic mass is 16.2. The van der Waals surface area contributed by atoms with Crippen LogP contribution in [0.1, 0.15) is 29.8 Å². The first-order chi connectivity index (χ1) is 10.2. The van der Waals surface area contributed by atoms with Crippen LogP contribution in [0.2, 0.25) is 0 Å². The van der Waals surface area contributed by atoms with Crippen molar-refractivity contribution < 1.29 is 4.79 Å². The molecule has 112 valence electrons. The Hall–Kier alpha value is -1.88. The molecule has 1 amide bonds. The highest BCUT2D eigenvalue weighted by molar-refractivity contribution is 6.04. The molecular formula is C16H22N4O. The molecule has 0 aliphatic carbocycles. The summed E-state index contributed by atoms with van der Waals surface area (Å²) in [6.45, 7) is 1.79. The molecule has 1 atom stereocenters. The van der Waals surface area contributed by atoms with Gasteiger partial charge in [0.25, 0.3) is 5.91 Å². The van der Waals surface area contributed by atoms with Crippen molar-refractivity contribution >= 4 is 16.8 Å². The second-order valence-corrected chi connectivity index (χ2v) is 5.82. The molecule has 2 aromatic rings. The number of nitrogens with zero attached hydrogens (tertiary/aromatic N) is 3. The fourth-order valence-electron chi connectivity index (χ4n) is 3.05. The molecule has 1 saturated heterocycles. The topological polar surface area (TPSA) is 50.2 Å². The van der Waals surface area contributed by atoms with E-state index in [9.17, 15) is 4.79 Å². The minimum absolute atomic E-state index is 0.000765. The number of nitrogens with one attached hydrogen (secondary N) is 1.